The molecule has 1 unspecified atom stereocenters. The van der Waals surface area contributed by atoms with Gasteiger partial charge in [-0.2, -0.15) is 0 Å². The van der Waals surface area contributed by atoms with E-state index in [0.29, 0.717) is 17.1 Å². The Balaban J connectivity index is 1.94. The number of nitrogens with one attached hydrogen (secondary N) is 1. The van der Waals surface area contributed by atoms with Gasteiger partial charge in [0, 0.05) is 5.69 Å². The summed E-state index contributed by atoms with van der Waals surface area (Å²) in [4.78, 5) is 11.3. The van der Waals surface area contributed by atoms with Gasteiger partial charge in [0.05, 0.1) is 11.7 Å². The van der Waals surface area contributed by atoms with Crippen molar-refractivity contribution < 1.29 is 9.53 Å². The van der Waals surface area contributed by atoms with Gasteiger partial charge in [0.1, 0.15) is 5.75 Å². The first kappa shape index (κ1) is 12.5. The number of anilines is 2. The van der Waals surface area contributed by atoms with Gasteiger partial charge in [0.2, 0.25) is 0 Å². The topological polar surface area (TPSA) is 90.4 Å². The number of ether oxygens (including phenoxy) is 1. The molecule has 2 aromatic carbocycles. The molecular formula is C15H15N3O2. The zero-order chi connectivity index (χ0) is 14.1. The first-order valence-electron chi connectivity index (χ1n) is 6.31. The van der Waals surface area contributed by atoms with E-state index < -0.39 is 0 Å². The molecule has 1 heterocycles. The number of carbonyl (C=O) groups excluding carboxylic acids is 1. The summed E-state index contributed by atoms with van der Waals surface area (Å²) < 4.78 is 5.32. The van der Waals surface area contributed by atoms with E-state index in [2.05, 4.69) is 5.32 Å². The van der Waals surface area contributed by atoms with Crippen molar-refractivity contribution in [3.05, 3.63) is 53.6 Å². The Morgan fingerprint density at radius 2 is 1.95 bits per heavy atom. The minimum absolute atomic E-state index is 0.0492. The van der Waals surface area contributed by atoms with Crippen LogP contribution in [0.2, 0.25) is 0 Å². The Hall–Kier alpha value is -2.53. The summed E-state index contributed by atoms with van der Waals surface area (Å²) in [5.74, 6) is 0.500. The first-order valence-corrected chi connectivity index (χ1v) is 6.31. The highest BCUT2D eigenvalue weighted by Crippen LogP contribution is 2.31. The molecule has 5 heteroatoms. The predicted molar refractivity (Wildman–Crippen MR) is 77.5 cm³/mol. The molecular weight excluding hydrogens is 254 g/mol. The van der Waals surface area contributed by atoms with Crippen LogP contribution in [0, 0.1) is 0 Å². The number of amides is 1. The molecule has 0 radical (unpaired) electrons. The third-order valence-corrected chi connectivity index (χ3v) is 3.27. The molecule has 3 rings (SSSR count). The Morgan fingerprint density at radius 3 is 2.75 bits per heavy atom. The average Bonchev–Trinajstić information content (AvgIpc) is 2.45. The zero-order valence-electron chi connectivity index (χ0n) is 10.8. The lowest BCUT2D eigenvalue weighted by Gasteiger charge is -2.20. The predicted octanol–water partition coefficient (Wildman–Crippen LogP) is 1.65. The fraction of sp³-hybridized carbons (Fsp3) is 0.133. The highest BCUT2D eigenvalue weighted by atomic mass is 16.5. The summed E-state index contributed by atoms with van der Waals surface area (Å²) in [6, 6.07) is 12.7. The van der Waals surface area contributed by atoms with E-state index in [1.165, 1.54) is 0 Å². The molecule has 102 valence electrons. The number of rotatable bonds is 2. The van der Waals surface area contributed by atoms with Crippen LogP contribution in [0.3, 0.4) is 0 Å². The molecule has 0 spiro atoms. The summed E-state index contributed by atoms with van der Waals surface area (Å²) in [5.41, 5.74) is 15.2. The van der Waals surface area contributed by atoms with Crippen molar-refractivity contribution in [2.24, 2.45) is 5.73 Å². The van der Waals surface area contributed by atoms with E-state index in [-0.39, 0.29) is 18.6 Å². The molecule has 0 saturated heterocycles. The Bertz CT molecular complexity index is 670. The Morgan fingerprint density at radius 1 is 1.15 bits per heavy atom. The van der Waals surface area contributed by atoms with Crippen molar-refractivity contribution in [3.63, 3.8) is 0 Å². The summed E-state index contributed by atoms with van der Waals surface area (Å²) >= 11 is 0. The highest BCUT2D eigenvalue weighted by molar-refractivity contribution is 5.95. The normalized spacial score (nSPS) is 14.9. The zero-order valence-corrected chi connectivity index (χ0v) is 10.8. The number of nitrogens with two attached hydrogens (primary N) is 2. The average molecular weight is 269 g/mol. The van der Waals surface area contributed by atoms with E-state index in [9.17, 15) is 4.79 Å². The lowest BCUT2D eigenvalue weighted by molar-refractivity contribution is -0.118. The number of hydrogen-bond acceptors (Lipinski definition) is 4. The van der Waals surface area contributed by atoms with Crippen LogP contribution in [0.4, 0.5) is 11.4 Å². The van der Waals surface area contributed by atoms with Crippen LogP contribution >= 0.6 is 0 Å². The first-order chi connectivity index (χ1) is 9.63. The third kappa shape index (κ3) is 2.31. The largest absolute Gasteiger partial charge is 0.482 e. The minimum atomic E-state index is -0.303. The van der Waals surface area contributed by atoms with Crippen molar-refractivity contribution in [1.82, 2.24) is 0 Å². The van der Waals surface area contributed by atoms with Crippen molar-refractivity contribution in [3.8, 4) is 5.75 Å². The van der Waals surface area contributed by atoms with Crippen LogP contribution < -0.4 is 21.5 Å². The quantitative estimate of drug-likeness (QED) is 0.723. The van der Waals surface area contributed by atoms with Gasteiger partial charge in [0.15, 0.2) is 6.61 Å². The molecule has 20 heavy (non-hydrogen) atoms. The van der Waals surface area contributed by atoms with Gasteiger partial charge in [-0.3, -0.25) is 4.79 Å². The van der Waals surface area contributed by atoms with Gasteiger partial charge in [-0.15, -0.1) is 0 Å². The SMILES string of the molecule is Nc1cccc(C(N)c2ccc3c(c2)NC(=O)CO3)c1. The molecule has 0 saturated carbocycles. The number of hydrogen-bond donors (Lipinski definition) is 3. The van der Waals surface area contributed by atoms with Crippen LogP contribution in [-0.2, 0) is 4.79 Å². The van der Waals surface area contributed by atoms with E-state index in [0.717, 1.165) is 11.1 Å². The second-order valence-corrected chi connectivity index (χ2v) is 4.74. The van der Waals surface area contributed by atoms with Crippen molar-refractivity contribution in [2.45, 2.75) is 6.04 Å². The maximum Gasteiger partial charge on any atom is 0.262 e. The molecule has 0 fully saturated rings. The summed E-state index contributed by atoms with van der Waals surface area (Å²) in [7, 11) is 0. The van der Waals surface area contributed by atoms with Gasteiger partial charge in [-0.25, -0.2) is 0 Å². The Labute approximate surface area is 116 Å². The van der Waals surface area contributed by atoms with Gasteiger partial charge < -0.3 is 21.5 Å². The van der Waals surface area contributed by atoms with E-state index in [1.807, 2.05) is 42.5 Å². The van der Waals surface area contributed by atoms with Crippen molar-refractivity contribution in [1.29, 1.82) is 0 Å². The molecule has 5 N–H and O–H groups in total. The van der Waals surface area contributed by atoms with Gasteiger partial charge in [-0.05, 0) is 35.4 Å². The van der Waals surface area contributed by atoms with Crippen LogP contribution in [0.15, 0.2) is 42.5 Å². The third-order valence-electron chi connectivity index (χ3n) is 3.27. The lowest BCUT2D eigenvalue weighted by atomic mass is 9.98. The maximum atomic E-state index is 11.3. The molecule has 1 atom stereocenters. The fourth-order valence-electron chi connectivity index (χ4n) is 2.24. The molecule has 1 aliphatic heterocycles. The molecule has 1 aliphatic rings. The number of nitrogen functional groups attached to an aromatic ring is 1. The standard InChI is InChI=1S/C15H15N3O2/c16-11-3-1-2-9(6-11)15(17)10-4-5-13-12(7-10)18-14(19)8-20-13/h1-7,15H,8,16-17H2,(H,18,19). The molecule has 2 aromatic rings. The van der Waals surface area contributed by atoms with Gasteiger partial charge in [-0.1, -0.05) is 18.2 Å². The smallest absolute Gasteiger partial charge is 0.262 e. The van der Waals surface area contributed by atoms with E-state index >= 15 is 0 Å². The van der Waals surface area contributed by atoms with Crippen LogP contribution in [0.1, 0.15) is 17.2 Å². The lowest BCUT2D eigenvalue weighted by Crippen LogP contribution is -2.25. The summed E-state index contributed by atoms with van der Waals surface area (Å²) in [6.45, 7) is 0.0492. The van der Waals surface area contributed by atoms with E-state index in [1.54, 1.807) is 0 Å². The minimum Gasteiger partial charge on any atom is -0.482 e. The number of benzene rings is 2. The van der Waals surface area contributed by atoms with Crippen LogP contribution in [-0.4, -0.2) is 12.5 Å². The molecule has 0 aromatic heterocycles. The van der Waals surface area contributed by atoms with Crippen LogP contribution in [0.25, 0.3) is 0 Å². The maximum absolute atomic E-state index is 11.3. The van der Waals surface area contributed by atoms with Gasteiger partial charge >= 0.3 is 0 Å². The second-order valence-electron chi connectivity index (χ2n) is 4.74. The molecule has 1 amide bonds. The van der Waals surface area contributed by atoms with E-state index in [4.69, 9.17) is 16.2 Å². The molecule has 0 bridgehead atoms. The summed E-state index contributed by atoms with van der Waals surface area (Å²) in [5, 5.41) is 2.77. The van der Waals surface area contributed by atoms with Gasteiger partial charge in [0.25, 0.3) is 5.91 Å². The highest BCUT2D eigenvalue weighted by Gasteiger charge is 2.18. The molecule has 5 nitrogen and oxygen atoms in total. The fourth-order valence-corrected chi connectivity index (χ4v) is 2.24. The number of carbonyl (C=O) groups is 1. The van der Waals surface area contributed by atoms with Crippen molar-refractivity contribution >= 4 is 17.3 Å². The second kappa shape index (κ2) is 4.86. The monoisotopic (exact) mass is 269 g/mol. The van der Waals surface area contributed by atoms with Crippen LogP contribution in [0.5, 0.6) is 5.75 Å². The molecule has 0 aliphatic carbocycles. The van der Waals surface area contributed by atoms with Crippen molar-refractivity contribution in [2.75, 3.05) is 17.7 Å². The Kier molecular flexibility index (Phi) is 3.04. The summed E-state index contributed by atoms with van der Waals surface area (Å²) in [6.07, 6.45) is 0. The number of fused-ring (bicyclic) bond motifs is 1.